The van der Waals surface area contributed by atoms with Crippen LogP contribution in [0.4, 0.5) is 0 Å². The third kappa shape index (κ3) is 1.95. The van der Waals surface area contributed by atoms with Gasteiger partial charge in [0.2, 0.25) is 0 Å². The lowest BCUT2D eigenvalue weighted by molar-refractivity contribution is 0.112. The summed E-state index contributed by atoms with van der Waals surface area (Å²) >= 11 is 0. The molecule has 0 aliphatic carbocycles. The molecule has 4 heteroatoms. The Labute approximate surface area is 87.3 Å². The van der Waals surface area contributed by atoms with Gasteiger partial charge in [0.1, 0.15) is 17.4 Å². The summed E-state index contributed by atoms with van der Waals surface area (Å²) in [4.78, 5) is 10.7. The summed E-state index contributed by atoms with van der Waals surface area (Å²) in [5.41, 5.74) is 1.07. The van der Waals surface area contributed by atoms with Crippen molar-refractivity contribution in [1.29, 1.82) is 10.5 Å². The molecule has 0 aliphatic heterocycles. The first kappa shape index (κ1) is 10.7. The van der Waals surface area contributed by atoms with Gasteiger partial charge in [0.15, 0.2) is 6.29 Å². The fourth-order valence-electron chi connectivity index (χ4n) is 1.31. The molecule has 0 saturated heterocycles. The number of rotatable bonds is 3. The van der Waals surface area contributed by atoms with Crippen LogP contribution < -0.4 is 4.74 Å². The number of nitrogens with zero attached hydrogens (tertiary/aromatic N) is 2. The number of ether oxygens (including phenoxy) is 1. The van der Waals surface area contributed by atoms with E-state index in [1.807, 2.05) is 12.1 Å². The van der Waals surface area contributed by atoms with Crippen LogP contribution in [0.1, 0.15) is 21.5 Å². The van der Waals surface area contributed by atoms with Crippen molar-refractivity contribution in [3.8, 4) is 17.9 Å². The van der Waals surface area contributed by atoms with Crippen LogP contribution in [0.25, 0.3) is 0 Å². The summed E-state index contributed by atoms with van der Waals surface area (Å²) in [6.07, 6.45) is 0.744. The minimum atomic E-state index is 0.150. The third-order valence-electron chi connectivity index (χ3n) is 1.98. The molecule has 0 amide bonds. The van der Waals surface area contributed by atoms with Gasteiger partial charge in [0.05, 0.1) is 19.6 Å². The number of hydrogen-bond donors (Lipinski definition) is 0. The molecule has 1 aromatic carbocycles. The van der Waals surface area contributed by atoms with Crippen LogP contribution in [0.5, 0.6) is 5.75 Å². The SMILES string of the molecule is COc1c(CC#N)ccc(C=O)c1C#N. The molecule has 0 N–H and O–H groups in total. The molecule has 0 unspecified atom stereocenters. The monoisotopic (exact) mass is 200 g/mol. The van der Waals surface area contributed by atoms with E-state index in [4.69, 9.17) is 15.3 Å². The van der Waals surface area contributed by atoms with E-state index in [1.54, 1.807) is 6.07 Å². The van der Waals surface area contributed by atoms with Crippen molar-refractivity contribution in [2.45, 2.75) is 6.42 Å². The van der Waals surface area contributed by atoms with Gasteiger partial charge in [0, 0.05) is 11.1 Å². The van der Waals surface area contributed by atoms with Gasteiger partial charge in [-0.1, -0.05) is 6.07 Å². The minimum absolute atomic E-state index is 0.150. The van der Waals surface area contributed by atoms with E-state index >= 15 is 0 Å². The van der Waals surface area contributed by atoms with Gasteiger partial charge in [-0.25, -0.2) is 0 Å². The Morgan fingerprint density at radius 2 is 2.20 bits per heavy atom. The Hall–Kier alpha value is -2.33. The Balaban J connectivity index is 3.43. The lowest BCUT2D eigenvalue weighted by Crippen LogP contribution is -1.98. The molecule has 0 radical (unpaired) electrons. The van der Waals surface area contributed by atoms with Crippen molar-refractivity contribution >= 4 is 6.29 Å². The molecule has 15 heavy (non-hydrogen) atoms. The zero-order chi connectivity index (χ0) is 11.3. The maximum Gasteiger partial charge on any atom is 0.151 e. The van der Waals surface area contributed by atoms with Crippen LogP contribution in [-0.4, -0.2) is 13.4 Å². The Kier molecular flexibility index (Phi) is 3.43. The van der Waals surface area contributed by atoms with Gasteiger partial charge in [-0.2, -0.15) is 10.5 Å². The first-order valence-corrected chi connectivity index (χ1v) is 4.20. The predicted octanol–water partition coefficient (Wildman–Crippen LogP) is 1.45. The quantitative estimate of drug-likeness (QED) is 0.692. The molecule has 0 fully saturated rings. The van der Waals surface area contributed by atoms with E-state index in [-0.39, 0.29) is 17.5 Å². The van der Waals surface area contributed by atoms with Crippen molar-refractivity contribution < 1.29 is 9.53 Å². The fraction of sp³-hybridized carbons (Fsp3) is 0.182. The second-order valence-corrected chi connectivity index (χ2v) is 2.79. The van der Waals surface area contributed by atoms with Gasteiger partial charge in [-0.05, 0) is 6.07 Å². The summed E-state index contributed by atoms with van der Waals surface area (Å²) in [5.74, 6) is 0.309. The topological polar surface area (TPSA) is 73.9 Å². The zero-order valence-electron chi connectivity index (χ0n) is 8.15. The molecule has 1 rings (SSSR count). The zero-order valence-corrected chi connectivity index (χ0v) is 8.15. The molecule has 0 bridgehead atoms. The number of methoxy groups -OCH3 is 1. The molecular weight excluding hydrogens is 192 g/mol. The highest BCUT2D eigenvalue weighted by Crippen LogP contribution is 2.26. The number of hydrogen-bond acceptors (Lipinski definition) is 4. The predicted molar refractivity (Wildman–Crippen MR) is 52.4 cm³/mol. The molecule has 74 valence electrons. The average molecular weight is 200 g/mol. The minimum Gasteiger partial charge on any atom is -0.495 e. The third-order valence-corrected chi connectivity index (χ3v) is 1.98. The van der Waals surface area contributed by atoms with Crippen LogP contribution in [0.2, 0.25) is 0 Å². The van der Waals surface area contributed by atoms with Crippen molar-refractivity contribution in [2.75, 3.05) is 7.11 Å². The number of aldehydes is 1. The van der Waals surface area contributed by atoms with Crippen molar-refractivity contribution in [1.82, 2.24) is 0 Å². The highest BCUT2D eigenvalue weighted by Gasteiger charge is 2.12. The van der Waals surface area contributed by atoms with Gasteiger partial charge in [0.25, 0.3) is 0 Å². The lowest BCUT2D eigenvalue weighted by Gasteiger charge is -2.08. The Morgan fingerprint density at radius 3 is 2.67 bits per heavy atom. The van der Waals surface area contributed by atoms with E-state index in [9.17, 15) is 4.79 Å². The highest BCUT2D eigenvalue weighted by molar-refractivity contribution is 5.81. The van der Waals surface area contributed by atoms with Crippen molar-refractivity contribution in [2.24, 2.45) is 0 Å². The first-order valence-electron chi connectivity index (χ1n) is 4.20. The molecule has 0 heterocycles. The number of carbonyl (C=O) groups is 1. The molecule has 1 aromatic rings. The molecule has 0 spiro atoms. The van der Waals surface area contributed by atoms with E-state index in [1.165, 1.54) is 13.2 Å². The standard InChI is InChI=1S/C11H8N2O2/c1-15-11-8(4-5-12)2-3-9(7-14)10(11)6-13/h2-3,7H,4H2,1H3. The highest BCUT2D eigenvalue weighted by atomic mass is 16.5. The van der Waals surface area contributed by atoms with Crippen LogP contribution in [-0.2, 0) is 6.42 Å². The maximum atomic E-state index is 10.7. The van der Waals surface area contributed by atoms with E-state index in [0.717, 1.165) is 0 Å². The Morgan fingerprint density at radius 1 is 1.47 bits per heavy atom. The average Bonchev–Trinajstić information content (AvgIpc) is 2.28. The number of benzene rings is 1. The van der Waals surface area contributed by atoms with Gasteiger partial charge < -0.3 is 4.74 Å². The smallest absolute Gasteiger partial charge is 0.151 e. The largest absolute Gasteiger partial charge is 0.495 e. The fourth-order valence-corrected chi connectivity index (χ4v) is 1.31. The van der Waals surface area contributed by atoms with E-state index in [2.05, 4.69) is 0 Å². The summed E-state index contributed by atoms with van der Waals surface area (Å²) < 4.78 is 5.03. The molecule has 0 saturated carbocycles. The van der Waals surface area contributed by atoms with Gasteiger partial charge in [-0.3, -0.25) is 4.79 Å². The second-order valence-electron chi connectivity index (χ2n) is 2.79. The molecular formula is C11H8N2O2. The lowest BCUT2D eigenvalue weighted by atomic mass is 10.0. The van der Waals surface area contributed by atoms with Crippen LogP contribution in [0.3, 0.4) is 0 Å². The van der Waals surface area contributed by atoms with E-state index in [0.29, 0.717) is 17.6 Å². The van der Waals surface area contributed by atoms with Crippen molar-refractivity contribution in [3.63, 3.8) is 0 Å². The van der Waals surface area contributed by atoms with E-state index < -0.39 is 0 Å². The number of nitriles is 2. The summed E-state index contributed by atoms with van der Waals surface area (Å²) in [6.45, 7) is 0. The molecule has 0 atom stereocenters. The summed E-state index contributed by atoms with van der Waals surface area (Å²) in [5, 5.41) is 17.5. The first-order chi connectivity index (χ1) is 7.28. The van der Waals surface area contributed by atoms with Gasteiger partial charge >= 0.3 is 0 Å². The second kappa shape index (κ2) is 4.78. The summed E-state index contributed by atoms with van der Waals surface area (Å²) in [7, 11) is 1.41. The summed E-state index contributed by atoms with van der Waals surface area (Å²) in [6, 6.07) is 7.00. The Bertz CT molecular complexity index is 467. The molecule has 4 nitrogen and oxygen atoms in total. The van der Waals surface area contributed by atoms with Crippen LogP contribution >= 0.6 is 0 Å². The van der Waals surface area contributed by atoms with Crippen LogP contribution in [0.15, 0.2) is 12.1 Å². The van der Waals surface area contributed by atoms with Crippen molar-refractivity contribution in [3.05, 3.63) is 28.8 Å². The maximum absolute atomic E-state index is 10.7. The molecule has 0 aromatic heterocycles. The van der Waals surface area contributed by atoms with Gasteiger partial charge in [-0.15, -0.1) is 0 Å². The normalized spacial score (nSPS) is 8.73. The van der Waals surface area contributed by atoms with Crippen LogP contribution in [0, 0.1) is 22.7 Å². The molecule has 0 aliphatic rings. The number of carbonyl (C=O) groups excluding carboxylic acids is 1.